The molecule has 0 amide bonds. The molecule has 0 bridgehead atoms. The van der Waals surface area contributed by atoms with E-state index in [1.54, 1.807) is 12.1 Å². The zero-order chi connectivity index (χ0) is 18.2. The monoisotopic (exact) mass is 353 g/mol. The van der Waals surface area contributed by atoms with Gasteiger partial charge in [-0.05, 0) is 72.2 Å². The number of hydrogen-bond donors (Lipinski definition) is 1. The maximum atomic E-state index is 9.57. The molecule has 0 atom stereocenters. The van der Waals surface area contributed by atoms with Gasteiger partial charge >= 0.3 is 0 Å². The Morgan fingerprint density at radius 2 is 1.52 bits per heavy atom. The topological polar surface area (TPSA) is 25.2 Å². The lowest BCUT2D eigenvalue weighted by Crippen LogP contribution is -2.09. The molecular weight excluding hydrogens is 330 g/mol. The molecule has 5 rings (SSSR count). The predicted octanol–water partition coefficient (Wildman–Crippen LogP) is 5.94. The fourth-order valence-electron chi connectivity index (χ4n) is 4.42. The second-order valence-corrected chi connectivity index (χ2v) is 7.48. The summed E-state index contributed by atoms with van der Waals surface area (Å²) in [4.78, 5) is 0. The summed E-state index contributed by atoms with van der Waals surface area (Å²) in [5.74, 6) is 0.311. The molecule has 1 heterocycles. The average molecular weight is 353 g/mol. The van der Waals surface area contributed by atoms with E-state index in [-0.39, 0.29) is 0 Å². The summed E-state index contributed by atoms with van der Waals surface area (Å²) >= 11 is 0. The highest BCUT2D eigenvalue weighted by atomic mass is 16.3. The van der Waals surface area contributed by atoms with Crippen LogP contribution in [0.5, 0.6) is 5.75 Å². The fraction of sp³-hybridized carbons (Fsp3) is 0.200. The highest BCUT2D eigenvalue weighted by Crippen LogP contribution is 2.35. The Morgan fingerprint density at radius 3 is 2.33 bits per heavy atom. The number of phenolic OH excluding ortho intramolecular Hbond substituents is 1. The van der Waals surface area contributed by atoms with Crippen molar-refractivity contribution in [2.45, 2.75) is 32.2 Å². The third-order valence-electron chi connectivity index (χ3n) is 5.76. The summed E-state index contributed by atoms with van der Waals surface area (Å²) in [5, 5.41) is 11.0. The van der Waals surface area contributed by atoms with Gasteiger partial charge in [0.1, 0.15) is 5.75 Å². The summed E-state index contributed by atoms with van der Waals surface area (Å²) < 4.78 is 2.53. The zero-order valence-electron chi connectivity index (χ0n) is 15.4. The predicted molar refractivity (Wildman–Crippen MR) is 111 cm³/mol. The van der Waals surface area contributed by atoms with Crippen LogP contribution in [0.2, 0.25) is 0 Å². The first kappa shape index (κ1) is 16.2. The van der Waals surface area contributed by atoms with Crippen LogP contribution >= 0.6 is 0 Å². The number of aromatic nitrogens is 1. The largest absolute Gasteiger partial charge is 0.508 e. The lowest BCUT2D eigenvalue weighted by Gasteiger charge is -2.16. The first-order chi connectivity index (χ1) is 13.3. The highest BCUT2D eigenvalue weighted by molar-refractivity contribution is 5.90. The summed E-state index contributed by atoms with van der Waals surface area (Å²) in [6, 6.07) is 25.1. The van der Waals surface area contributed by atoms with E-state index in [0.29, 0.717) is 5.75 Å². The molecule has 2 nitrogen and oxygen atoms in total. The van der Waals surface area contributed by atoms with Crippen molar-refractivity contribution in [3.05, 3.63) is 89.6 Å². The van der Waals surface area contributed by atoms with Gasteiger partial charge in [-0.25, -0.2) is 0 Å². The van der Waals surface area contributed by atoms with Gasteiger partial charge in [-0.2, -0.15) is 0 Å². The third kappa shape index (κ3) is 2.91. The summed E-state index contributed by atoms with van der Waals surface area (Å²) in [6.07, 6.45) is 4.90. The van der Waals surface area contributed by atoms with Gasteiger partial charge < -0.3 is 9.67 Å². The quantitative estimate of drug-likeness (QED) is 0.484. The molecule has 0 fully saturated rings. The summed E-state index contributed by atoms with van der Waals surface area (Å²) in [6.45, 7) is 0.936. The SMILES string of the molecule is Oc1ccc(-c2ccc3c(c2)c2c(n3Cc3ccccc3)CCCC2)cc1. The Balaban J connectivity index is 1.66. The molecule has 1 aliphatic rings. The van der Waals surface area contributed by atoms with E-state index in [1.165, 1.54) is 59.0 Å². The molecule has 0 spiro atoms. The minimum atomic E-state index is 0.311. The van der Waals surface area contributed by atoms with Crippen LogP contribution in [0, 0.1) is 0 Å². The number of phenols is 1. The van der Waals surface area contributed by atoms with Crippen molar-refractivity contribution in [3.63, 3.8) is 0 Å². The maximum Gasteiger partial charge on any atom is 0.115 e. The number of aromatic hydroxyl groups is 1. The smallest absolute Gasteiger partial charge is 0.115 e. The average Bonchev–Trinajstić information content (AvgIpc) is 3.03. The van der Waals surface area contributed by atoms with Crippen molar-refractivity contribution in [3.8, 4) is 16.9 Å². The standard InChI is InChI=1S/C25H23NO/c27-21-13-10-19(11-14-21)20-12-15-25-23(16-20)22-8-4-5-9-24(22)26(25)17-18-6-2-1-3-7-18/h1-3,6-7,10-16,27H,4-5,8-9,17H2. The van der Waals surface area contributed by atoms with Crippen LogP contribution in [-0.2, 0) is 19.4 Å². The number of benzene rings is 3. The molecule has 1 aliphatic carbocycles. The molecule has 0 radical (unpaired) electrons. The Bertz CT molecular complexity index is 1090. The van der Waals surface area contributed by atoms with E-state index in [1.807, 2.05) is 12.1 Å². The molecule has 27 heavy (non-hydrogen) atoms. The molecule has 0 aliphatic heterocycles. The van der Waals surface area contributed by atoms with Gasteiger partial charge in [-0.1, -0.05) is 48.5 Å². The molecule has 134 valence electrons. The molecule has 1 aromatic heterocycles. The first-order valence-corrected chi connectivity index (χ1v) is 9.77. The lowest BCUT2D eigenvalue weighted by molar-refractivity contribution is 0.475. The van der Waals surface area contributed by atoms with E-state index in [2.05, 4.69) is 53.1 Å². The molecule has 3 aromatic carbocycles. The molecule has 0 unspecified atom stereocenters. The second-order valence-electron chi connectivity index (χ2n) is 7.48. The minimum absolute atomic E-state index is 0.311. The molecule has 4 aromatic rings. The lowest BCUT2D eigenvalue weighted by atomic mass is 9.94. The van der Waals surface area contributed by atoms with E-state index in [0.717, 1.165) is 12.1 Å². The molecule has 0 saturated carbocycles. The summed E-state index contributed by atoms with van der Waals surface area (Å²) in [7, 11) is 0. The van der Waals surface area contributed by atoms with Crippen molar-refractivity contribution in [1.82, 2.24) is 4.57 Å². The van der Waals surface area contributed by atoms with Crippen LogP contribution in [0.3, 0.4) is 0 Å². The Labute approximate surface area is 159 Å². The van der Waals surface area contributed by atoms with Crippen LogP contribution in [0.1, 0.15) is 29.7 Å². The van der Waals surface area contributed by atoms with Crippen molar-refractivity contribution in [1.29, 1.82) is 0 Å². The van der Waals surface area contributed by atoms with Crippen LogP contribution in [0.15, 0.2) is 72.8 Å². The number of rotatable bonds is 3. The molecular formula is C25H23NO. The second kappa shape index (κ2) is 6.62. The van der Waals surface area contributed by atoms with Crippen molar-refractivity contribution in [2.24, 2.45) is 0 Å². The highest BCUT2D eigenvalue weighted by Gasteiger charge is 2.20. The van der Waals surface area contributed by atoms with Gasteiger partial charge in [0.2, 0.25) is 0 Å². The Kier molecular flexibility index (Phi) is 3.97. The van der Waals surface area contributed by atoms with Crippen molar-refractivity contribution < 1.29 is 5.11 Å². The minimum Gasteiger partial charge on any atom is -0.508 e. The Morgan fingerprint density at radius 1 is 0.778 bits per heavy atom. The molecule has 0 saturated heterocycles. The van der Waals surface area contributed by atoms with Crippen LogP contribution < -0.4 is 0 Å². The van der Waals surface area contributed by atoms with Crippen LogP contribution in [-0.4, -0.2) is 9.67 Å². The van der Waals surface area contributed by atoms with Crippen LogP contribution in [0.4, 0.5) is 0 Å². The van der Waals surface area contributed by atoms with E-state index >= 15 is 0 Å². The van der Waals surface area contributed by atoms with E-state index in [9.17, 15) is 5.11 Å². The van der Waals surface area contributed by atoms with Crippen molar-refractivity contribution in [2.75, 3.05) is 0 Å². The van der Waals surface area contributed by atoms with Gasteiger partial charge in [0.15, 0.2) is 0 Å². The number of nitrogens with zero attached hydrogens (tertiary/aromatic N) is 1. The first-order valence-electron chi connectivity index (χ1n) is 9.77. The van der Waals surface area contributed by atoms with Crippen molar-refractivity contribution >= 4 is 10.9 Å². The van der Waals surface area contributed by atoms with Gasteiger partial charge in [-0.3, -0.25) is 0 Å². The number of fused-ring (bicyclic) bond motifs is 3. The van der Waals surface area contributed by atoms with E-state index in [4.69, 9.17) is 0 Å². The van der Waals surface area contributed by atoms with E-state index < -0.39 is 0 Å². The number of aryl methyl sites for hydroxylation is 1. The zero-order valence-corrected chi connectivity index (χ0v) is 15.4. The Hall–Kier alpha value is -3.00. The van der Waals surface area contributed by atoms with Crippen LogP contribution in [0.25, 0.3) is 22.0 Å². The normalized spacial score (nSPS) is 13.6. The number of hydrogen-bond acceptors (Lipinski definition) is 1. The summed E-state index contributed by atoms with van der Waals surface area (Å²) in [5.41, 5.74) is 8.11. The van der Waals surface area contributed by atoms with Gasteiger partial charge in [-0.15, -0.1) is 0 Å². The third-order valence-corrected chi connectivity index (χ3v) is 5.76. The maximum absolute atomic E-state index is 9.57. The van der Waals surface area contributed by atoms with Gasteiger partial charge in [0.05, 0.1) is 0 Å². The molecule has 1 N–H and O–H groups in total. The fourth-order valence-corrected chi connectivity index (χ4v) is 4.42. The molecule has 2 heteroatoms. The van der Waals surface area contributed by atoms with Gasteiger partial charge in [0.25, 0.3) is 0 Å². The van der Waals surface area contributed by atoms with Gasteiger partial charge in [0, 0.05) is 23.1 Å².